The molecule has 24 heavy (non-hydrogen) atoms. The summed E-state index contributed by atoms with van der Waals surface area (Å²) in [5.41, 5.74) is 2.19. The number of nitrogens with zero attached hydrogens (tertiary/aromatic N) is 1. The Morgan fingerprint density at radius 1 is 0.917 bits per heavy atom. The third-order valence-corrected chi connectivity index (χ3v) is 3.01. The Bertz CT molecular complexity index is 777. The lowest BCUT2D eigenvalue weighted by Crippen LogP contribution is -1.88. The maximum atomic E-state index is 10.6. The molecule has 2 aromatic carbocycles. The van der Waals surface area contributed by atoms with E-state index in [0.29, 0.717) is 11.5 Å². The number of aromatic amines is 1. The summed E-state index contributed by atoms with van der Waals surface area (Å²) in [5, 5.41) is 11.7. The highest BCUT2D eigenvalue weighted by Crippen LogP contribution is 2.27. The highest BCUT2D eigenvalue weighted by Gasteiger charge is 2.06. The molecule has 0 saturated carbocycles. The van der Waals surface area contributed by atoms with Crippen LogP contribution in [0.25, 0.3) is 10.9 Å². The van der Waals surface area contributed by atoms with E-state index in [4.69, 9.17) is 4.74 Å². The third kappa shape index (κ3) is 4.84. The van der Waals surface area contributed by atoms with Gasteiger partial charge in [0.15, 0.2) is 0 Å². The lowest BCUT2D eigenvalue weighted by Gasteiger charge is -2.05. The molecule has 1 aromatic heterocycles. The van der Waals surface area contributed by atoms with Gasteiger partial charge in [-0.05, 0) is 43.3 Å². The average Bonchev–Trinajstić information content (AvgIpc) is 2.98. The lowest BCUT2D eigenvalue weighted by atomic mass is 10.2. The quantitative estimate of drug-likeness (QED) is 0.458. The number of non-ortho nitro benzene ring substituents is 1. The van der Waals surface area contributed by atoms with Crippen molar-refractivity contribution in [2.45, 2.75) is 34.6 Å². The first-order valence-corrected chi connectivity index (χ1v) is 8.13. The molecule has 0 aliphatic carbocycles. The number of hydrogen-bond acceptors (Lipinski definition) is 3. The summed E-state index contributed by atoms with van der Waals surface area (Å²) in [7, 11) is 0. The minimum atomic E-state index is -0.432. The van der Waals surface area contributed by atoms with Crippen LogP contribution in [0.15, 0.2) is 48.5 Å². The van der Waals surface area contributed by atoms with Gasteiger partial charge in [0.05, 0.1) is 4.92 Å². The molecule has 0 unspecified atom stereocenters. The minimum absolute atomic E-state index is 0.0501. The predicted molar refractivity (Wildman–Crippen MR) is 98.9 cm³/mol. The molecule has 0 amide bonds. The van der Waals surface area contributed by atoms with Gasteiger partial charge >= 0.3 is 0 Å². The van der Waals surface area contributed by atoms with Gasteiger partial charge in [-0.1, -0.05) is 27.7 Å². The van der Waals surface area contributed by atoms with Crippen LogP contribution in [0, 0.1) is 17.0 Å². The number of nitro groups is 1. The van der Waals surface area contributed by atoms with E-state index < -0.39 is 4.92 Å². The van der Waals surface area contributed by atoms with Crippen LogP contribution in [0.3, 0.4) is 0 Å². The molecule has 1 N–H and O–H groups in total. The number of H-pyrrole nitrogens is 1. The molecule has 1 heterocycles. The highest BCUT2D eigenvalue weighted by atomic mass is 16.6. The molecule has 3 rings (SSSR count). The molecule has 3 aromatic rings. The van der Waals surface area contributed by atoms with Gasteiger partial charge in [-0.15, -0.1) is 0 Å². The largest absolute Gasteiger partial charge is 0.457 e. The Hall–Kier alpha value is -2.82. The van der Waals surface area contributed by atoms with Crippen molar-refractivity contribution in [1.82, 2.24) is 4.98 Å². The Kier molecular flexibility index (Phi) is 7.49. The van der Waals surface area contributed by atoms with Gasteiger partial charge in [0.1, 0.15) is 11.5 Å². The van der Waals surface area contributed by atoms with Crippen molar-refractivity contribution in [3.8, 4) is 11.5 Å². The van der Waals surface area contributed by atoms with Gasteiger partial charge in [-0.2, -0.15) is 0 Å². The van der Waals surface area contributed by atoms with Gasteiger partial charge in [-0.25, -0.2) is 0 Å². The first-order chi connectivity index (χ1) is 11.6. The molecular weight excluding hydrogens is 304 g/mol. The predicted octanol–water partition coefficient (Wildman–Crippen LogP) is 6.23. The average molecular weight is 328 g/mol. The monoisotopic (exact) mass is 328 g/mol. The van der Waals surface area contributed by atoms with Gasteiger partial charge < -0.3 is 9.72 Å². The Morgan fingerprint density at radius 2 is 1.50 bits per heavy atom. The molecule has 0 bridgehead atoms. The molecule has 0 aliphatic rings. The number of aryl methyl sites for hydroxylation is 1. The van der Waals surface area contributed by atoms with Crippen LogP contribution >= 0.6 is 0 Å². The number of benzene rings is 2. The van der Waals surface area contributed by atoms with Gasteiger partial charge in [0.2, 0.25) is 0 Å². The fourth-order valence-electron chi connectivity index (χ4n) is 2.09. The molecule has 0 atom stereocenters. The van der Waals surface area contributed by atoms with Crippen LogP contribution in [0.4, 0.5) is 5.69 Å². The second-order valence-corrected chi connectivity index (χ2v) is 4.55. The zero-order valence-electron chi connectivity index (χ0n) is 14.8. The molecule has 0 aliphatic heterocycles. The van der Waals surface area contributed by atoms with E-state index in [1.807, 2.05) is 58.9 Å². The first kappa shape index (κ1) is 19.2. The SMILES string of the molecule is CC.CC.Cc1cc2cc(Oc3ccc([N+](=O)[O-])cc3)ccc2[nH]1. The van der Waals surface area contributed by atoms with Crippen LogP contribution in [-0.2, 0) is 0 Å². The Balaban J connectivity index is 0.000000671. The summed E-state index contributed by atoms with van der Waals surface area (Å²) in [4.78, 5) is 13.4. The molecule has 128 valence electrons. The van der Waals surface area contributed by atoms with Crippen LogP contribution in [0.2, 0.25) is 0 Å². The number of nitro benzene ring substituents is 1. The maximum Gasteiger partial charge on any atom is 0.269 e. The molecule has 0 radical (unpaired) electrons. The molecule has 0 spiro atoms. The van der Waals surface area contributed by atoms with E-state index in [1.54, 1.807) is 12.1 Å². The van der Waals surface area contributed by atoms with Crippen molar-refractivity contribution in [3.05, 3.63) is 64.3 Å². The first-order valence-electron chi connectivity index (χ1n) is 8.13. The van der Waals surface area contributed by atoms with Gasteiger partial charge in [-0.3, -0.25) is 10.1 Å². The van der Waals surface area contributed by atoms with Gasteiger partial charge in [0, 0.05) is 28.7 Å². The second kappa shape index (κ2) is 9.35. The van der Waals surface area contributed by atoms with Crippen molar-refractivity contribution in [3.63, 3.8) is 0 Å². The van der Waals surface area contributed by atoms with Crippen LogP contribution in [-0.4, -0.2) is 9.91 Å². The zero-order valence-corrected chi connectivity index (χ0v) is 14.8. The van der Waals surface area contributed by atoms with E-state index in [0.717, 1.165) is 16.6 Å². The number of rotatable bonds is 3. The maximum absolute atomic E-state index is 10.6. The summed E-state index contributed by atoms with van der Waals surface area (Å²) >= 11 is 0. The molecule has 5 nitrogen and oxygen atoms in total. The Labute approximate surface area is 142 Å². The van der Waals surface area contributed by atoms with Crippen LogP contribution < -0.4 is 4.74 Å². The second-order valence-electron chi connectivity index (χ2n) is 4.55. The topological polar surface area (TPSA) is 68.2 Å². The van der Waals surface area contributed by atoms with E-state index in [1.165, 1.54) is 12.1 Å². The number of nitrogens with one attached hydrogen (secondary N) is 1. The van der Waals surface area contributed by atoms with Gasteiger partial charge in [0.25, 0.3) is 5.69 Å². The Morgan fingerprint density at radius 3 is 2.08 bits per heavy atom. The summed E-state index contributed by atoms with van der Waals surface area (Å²) < 4.78 is 5.69. The fourth-order valence-corrected chi connectivity index (χ4v) is 2.09. The standard InChI is InChI=1S/C15H12N2O3.2C2H6/c1-10-8-11-9-14(6-7-15(11)16-10)20-13-4-2-12(3-5-13)17(18)19;2*1-2/h2-9,16H,1H3;2*1-2H3. The smallest absolute Gasteiger partial charge is 0.269 e. The molecule has 5 heteroatoms. The van der Waals surface area contributed by atoms with Crippen molar-refractivity contribution < 1.29 is 9.66 Å². The lowest BCUT2D eigenvalue weighted by molar-refractivity contribution is -0.384. The number of ether oxygens (including phenoxy) is 1. The number of aromatic nitrogens is 1. The van der Waals surface area contributed by atoms with Crippen LogP contribution in [0.5, 0.6) is 11.5 Å². The van der Waals surface area contributed by atoms with Crippen molar-refractivity contribution in [2.24, 2.45) is 0 Å². The fraction of sp³-hybridized carbons (Fsp3) is 0.263. The van der Waals surface area contributed by atoms with Crippen molar-refractivity contribution >= 4 is 16.6 Å². The highest BCUT2D eigenvalue weighted by molar-refractivity contribution is 5.81. The van der Waals surface area contributed by atoms with Crippen molar-refractivity contribution in [2.75, 3.05) is 0 Å². The summed E-state index contributed by atoms with van der Waals surface area (Å²) in [6, 6.07) is 13.8. The molecule has 0 saturated heterocycles. The third-order valence-electron chi connectivity index (χ3n) is 3.01. The van der Waals surface area contributed by atoms with Crippen molar-refractivity contribution in [1.29, 1.82) is 0 Å². The molecular formula is C19H24N2O3. The van der Waals surface area contributed by atoms with Crippen LogP contribution in [0.1, 0.15) is 33.4 Å². The van der Waals surface area contributed by atoms with E-state index in [9.17, 15) is 10.1 Å². The number of fused-ring (bicyclic) bond motifs is 1. The van der Waals surface area contributed by atoms with E-state index in [2.05, 4.69) is 4.98 Å². The summed E-state index contributed by atoms with van der Waals surface area (Å²) in [5.74, 6) is 1.27. The zero-order chi connectivity index (χ0) is 18.1. The number of hydrogen-bond donors (Lipinski definition) is 1. The van der Waals surface area contributed by atoms with E-state index >= 15 is 0 Å². The summed E-state index contributed by atoms with van der Waals surface area (Å²) in [6.45, 7) is 10.00. The van der Waals surface area contributed by atoms with E-state index in [-0.39, 0.29) is 5.69 Å². The normalized spacial score (nSPS) is 9.38. The summed E-state index contributed by atoms with van der Waals surface area (Å²) in [6.07, 6.45) is 0. The minimum Gasteiger partial charge on any atom is -0.457 e. The molecule has 0 fully saturated rings.